The third kappa shape index (κ3) is 6.05. The van der Waals surface area contributed by atoms with E-state index in [1.807, 2.05) is 4.90 Å². The van der Waals surface area contributed by atoms with Crippen molar-refractivity contribution < 1.29 is 9.59 Å². The van der Waals surface area contributed by atoms with Crippen molar-refractivity contribution in [1.82, 2.24) is 10.2 Å². The van der Waals surface area contributed by atoms with Gasteiger partial charge in [-0.25, -0.2) is 0 Å². The zero-order valence-corrected chi connectivity index (χ0v) is 12.0. The Labute approximate surface area is 115 Å². The number of nitrogens with two attached hydrogens (primary N) is 1. The number of likely N-dealkylation sites (tertiary alicyclic amines) is 1. The van der Waals surface area contributed by atoms with Gasteiger partial charge in [-0.1, -0.05) is 19.8 Å². The molecule has 1 aliphatic heterocycles. The summed E-state index contributed by atoms with van der Waals surface area (Å²) in [5.41, 5.74) is 5.76. The molecule has 0 radical (unpaired) electrons. The number of nitrogens with one attached hydrogen (secondary N) is 1. The van der Waals surface area contributed by atoms with E-state index in [9.17, 15) is 9.59 Å². The Morgan fingerprint density at radius 1 is 1.26 bits per heavy atom. The lowest BCUT2D eigenvalue weighted by Crippen LogP contribution is -2.42. The molecule has 1 fully saturated rings. The summed E-state index contributed by atoms with van der Waals surface area (Å²) >= 11 is 0. The van der Waals surface area contributed by atoms with E-state index >= 15 is 0 Å². The molecule has 0 aromatic heterocycles. The Bertz CT molecular complexity index is 288. The van der Waals surface area contributed by atoms with Gasteiger partial charge in [-0.2, -0.15) is 0 Å². The van der Waals surface area contributed by atoms with Gasteiger partial charge in [-0.05, 0) is 25.7 Å². The highest BCUT2D eigenvalue weighted by molar-refractivity contribution is 5.82. The third-order valence-corrected chi connectivity index (χ3v) is 3.55. The highest BCUT2D eigenvalue weighted by atomic mass is 16.2. The van der Waals surface area contributed by atoms with Crippen LogP contribution in [-0.2, 0) is 9.59 Å². The lowest BCUT2D eigenvalue weighted by Gasteiger charge is -2.26. The van der Waals surface area contributed by atoms with Crippen LogP contribution in [0.4, 0.5) is 0 Å². The summed E-state index contributed by atoms with van der Waals surface area (Å²) in [7, 11) is 0. The van der Waals surface area contributed by atoms with Crippen molar-refractivity contribution in [3.8, 4) is 0 Å². The maximum atomic E-state index is 11.9. The van der Waals surface area contributed by atoms with Crippen LogP contribution >= 0.6 is 0 Å². The molecular formula is C14H27N3O2. The highest BCUT2D eigenvalue weighted by Crippen LogP contribution is 2.09. The molecule has 1 saturated heterocycles. The Kier molecular flexibility index (Phi) is 7.48. The van der Waals surface area contributed by atoms with Gasteiger partial charge in [0.1, 0.15) is 0 Å². The van der Waals surface area contributed by atoms with E-state index in [1.54, 1.807) is 0 Å². The summed E-state index contributed by atoms with van der Waals surface area (Å²) in [4.78, 5) is 25.4. The molecule has 5 nitrogen and oxygen atoms in total. The number of rotatable bonds is 7. The maximum Gasteiger partial charge on any atom is 0.236 e. The average molecular weight is 269 g/mol. The van der Waals surface area contributed by atoms with E-state index in [0.717, 1.165) is 38.8 Å². The van der Waals surface area contributed by atoms with Gasteiger partial charge in [0.25, 0.3) is 0 Å². The first-order valence-corrected chi connectivity index (χ1v) is 7.46. The van der Waals surface area contributed by atoms with Crippen molar-refractivity contribution in [3.05, 3.63) is 0 Å². The summed E-state index contributed by atoms with van der Waals surface area (Å²) in [6.45, 7) is 4.20. The fourth-order valence-electron chi connectivity index (χ4n) is 2.28. The summed E-state index contributed by atoms with van der Waals surface area (Å²) in [6.07, 6.45) is 6.50. The third-order valence-electron chi connectivity index (χ3n) is 3.55. The molecule has 1 aliphatic rings. The second-order valence-corrected chi connectivity index (χ2v) is 5.23. The average Bonchev–Trinajstić information content (AvgIpc) is 2.45. The number of piperidine rings is 1. The number of hydrogen-bond donors (Lipinski definition) is 2. The second-order valence-electron chi connectivity index (χ2n) is 5.23. The van der Waals surface area contributed by atoms with Crippen molar-refractivity contribution in [2.75, 3.05) is 19.6 Å². The van der Waals surface area contributed by atoms with E-state index in [-0.39, 0.29) is 11.8 Å². The summed E-state index contributed by atoms with van der Waals surface area (Å²) in [5, 5.41) is 2.75. The second kappa shape index (κ2) is 8.91. The summed E-state index contributed by atoms with van der Waals surface area (Å²) < 4.78 is 0. The molecule has 1 rings (SSSR count). The quantitative estimate of drug-likeness (QED) is 0.724. The van der Waals surface area contributed by atoms with Crippen LogP contribution in [0.25, 0.3) is 0 Å². The van der Waals surface area contributed by atoms with Crippen LogP contribution in [-0.4, -0.2) is 42.4 Å². The number of carbonyl (C=O) groups is 2. The first-order chi connectivity index (χ1) is 9.15. The zero-order valence-electron chi connectivity index (χ0n) is 12.0. The monoisotopic (exact) mass is 269 g/mol. The summed E-state index contributed by atoms with van der Waals surface area (Å²) in [5.74, 6) is 0.00187. The molecule has 110 valence electrons. The van der Waals surface area contributed by atoms with Crippen molar-refractivity contribution >= 4 is 11.8 Å². The molecule has 0 saturated carbocycles. The van der Waals surface area contributed by atoms with E-state index in [2.05, 4.69) is 12.2 Å². The van der Waals surface area contributed by atoms with Gasteiger partial charge in [0.05, 0.1) is 6.04 Å². The first kappa shape index (κ1) is 16.0. The van der Waals surface area contributed by atoms with Crippen LogP contribution in [0.3, 0.4) is 0 Å². The van der Waals surface area contributed by atoms with Gasteiger partial charge in [-0.15, -0.1) is 0 Å². The molecule has 0 aromatic rings. The van der Waals surface area contributed by atoms with Gasteiger partial charge >= 0.3 is 0 Å². The van der Waals surface area contributed by atoms with Gasteiger partial charge in [0, 0.05) is 26.1 Å². The Balaban J connectivity index is 2.14. The molecule has 0 unspecified atom stereocenters. The molecule has 1 heterocycles. The van der Waals surface area contributed by atoms with Crippen LogP contribution in [0, 0.1) is 0 Å². The predicted molar refractivity (Wildman–Crippen MR) is 75.6 cm³/mol. The number of nitrogens with zero attached hydrogens (tertiary/aromatic N) is 1. The lowest BCUT2D eigenvalue weighted by atomic mass is 10.1. The van der Waals surface area contributed by atoms with Crippen molar-refractivity contribution in [2.45, 2.75) is 57.9 Å². The molecule has 2 amide bonds. The fourth-order valence-corrected chi connectivity index (χ4v) is 2.28. The van der Waals surface area contributed by atoms with Crippen LogP contribution < -0.4 is 11.1 Å². The highest BCUT2D eigenvalue weighted by Gasteiger charge is 2.17. The number of carbonyl (C=O) groups excluding carboxylic acids is 2. The van der Waals surface area contributed by atoms with Gasteiger partial charge < -0.3 is 16.0 Å². The Hall–Kier alpha value is -1.10. The summed E-state index contributed by atoms with van der Waals surface area (Å²) in [6, 6.07) is -0.440. The standard InChI is InChI=1S/C14H27N3O2/c1-2-3-7-12(15)14(19)16-9-8-13(18)17-10-5-4-6-11-17/h12H,2-11,15H2,1H3,(H,16,19)/t12-/m0/s1. The lowest BCUT2D eigenvalue weighted by molar-refractivity contribution is -0.132. The molecule has 3 N–H and O–H groups in total. The molecule has 0 bridgehead atoms. The largest absolute Gasteiger partial charge is 0.354 e. The maximum absolute atomic E-state index is 11.9. The topological polar surface area (TPSA) is 75.4 Å². The molecular weight excluding hydrogens is 242 g/mol. The van der Waals surface area contributed by atoms with Crippen LogP contribution in [0.2, 0.25) is 0 Å². The minimum absolute atomic E-state index is 0.139. The van der Waals surface area contributed by atoms with E-state index in [0.29, 0.717) is 19.4 Å². The number of unbranched alkanes of at least 4 members (excludes halogenated alkanes) is 1. The van der Waals surface area contributed by atoms with Gasteiger partial charge in [0.15, 0.2) is 0 Å². The SMILES string of the molecule is CCCC[C@H](N)C(=O)NCCC(=O)N1CCCCC1. The Morgan fingerprint density at radius 3 is 2.58 bits per heavy atom. The number of amides is 2. The molecule has 19 heavy (non-hydrogen) atoms. The van der Waals surface area contributed by atoms with Crippen molar-refractivity contribution in [3.63, 3.8) is 0 Å². The molecule has 5 heteroatoms. The minimum Gasteiger partial charge on any atom is -0.354 e. The zero-order chi connectivity index (χ0) is 14.1. The van der Waals surface area contributed by atoms with E-state index in [1.165, 1.54) is 6.42 Å². The first-order valence-electron chi connectivity index (χ1n) is 7.46. The van der Waals surface area contributed by atoms with Crippen molar-refractivity contribution in [2.24, 2.45) is 5.73 Å². The van der Waals surface area contributed by atoms with Crippen LogP contribution in [0.15, 0.2) is 0 Å². The predicted octanol–water partition coefficient (Wildman–Crippen LogP) is 1.02. The van der Waals surface area contributed by atoms with Gasteiger partial charge in [-0.3, -0.25) is 9.59 Å². The van der Waals surface area contributed by atoms with E-state index in [4.69, 9.17) is 5.73 Å². The number of hydrogen-bond acceptors (Lipinski definition) is 3. The Morgan fingerprint density at radius 2 is 1.95 bits per heavy atom. The van der Waals surface area contributed by atoms with E-state index < -0.39 is 6.04 Å². The fraction of sp³-hybridized carbons (Fsp3) is 0.857. The molecule has 0 spiro atoms. The van der Waals surface area contributed by atoms with Gasteiger partial charge in [0.2, 0.25) is 11.8 Å². The normalized spacial score (nSPS) is 17.1. The molecule has 0 aliphatic carbocycles. The molecule has 1 atom stereocenters. The van der Waals surface area contributed by atoms with Crippen LogP contribution in [0.5, 0.6) is 0 Å². The van der Waals surface area contributed by atoms with Crippen LogP contribution in [0.1, 0.15) is 51.9 Å². The smallest absolute Gasteiger partial charge is 0.236 e. The molecule has 0 aromatic carbocycles. The minimum atomic E-state index is -0.440. The van der Waals surface area contributed by atoms with Crippen molar-refractivity contribution in [1.29, 1.82) is 0 Å².